The molecule has 0 aromatic heterocycles. The summed E-state index contributed by atoms with van der Waals surface area (Å²) in [6.07, 6.45) is -1.31. The molecule has 0 unspecified atom stereocenters. The van der Waals surface area contributed by atoms with E-state index in [0.717, 1.165) is 6.07 Å². The average Bonchev–Trinajstić information content (AvgIpc) is 2.19. The minimum absolute atomic E-state index is 0.0860. The standard InChI is InChI=1S/C14H16F4O2/c1-8-4-9(11(16)5-10(8)15)14(17,18)7-13(2,3)6-12(19)20/h4-5H,6-7H2,1-3H3,(H,19,20). The zero-order valence-corrected chi connectivity index (χ0v) is 11.4. The molecule has 0 heterocycles. The van der Waals surface area contributed by atoms with Crippen LogP contribution in [-0.4, -0.2) is 11.1 Å². The molecule has 1 N–H and O–H groups in total. The molecular formula is C14H16F4O2. The summed E-state index contributed by atoms with van der Waals surface area (Å²) in [7, 11) is 0. The number of aryl methyl sites for hydroxylation is 1. The van der Waals surface area contributed by atoms with Crippen LogP contribution in [0, 0.1) is 24.0 Å². The summed E-state index contributed by atoms with van der Waals surface area (Å²) in [6.45, 7) is 3.99. The second-order valence-electron chi connectivity index (χ2n) is 5.70. The summed E-state index contributed by atoms with van der Waals surface area (Å²) in [6, 6.07) is 1.18. The van der Waals surface area contributed by atoms with E-state index in [1.807, 2.05) is 0 Å². The third kappa shape index (κ3) is 3.95. The molecule has 1 aromatic rings. The van der Waals surface area contributed by atoms with Crippen LogP contribution >= 0.6 is 0 Å². The molecule has 0 atom stereocenters. The zero-order chi connectivity index (χ0) is 15.7. The fourth-order valence-electron chi connectivity index (χ4n) is 2.11. The average molecular weight is 292 g/mol. The monoisotopic (exact) mass is 292 g/mol. The van der Waals surface area contributed by atoms with E-state index in [1.54, 1.807) is 0 Å². The molecule has 1 aromatic carbocycles. The number of carboxylic acid groups (broad SMARTS) is 1. The molecule has 0 saturated carbocycles. The minimum Gasteiger partial charge on any atom is -0.481 e. The third-order valence-electron chi connectivity index (χ3n) is 2.97. The van der Waals surface area contributed by atoms with E-state index in [0.29, 0.717) is 6.07 Å². The molecule has 0 bridgehead atoms. The Hall–Kier alpha value is -1.59. The van der Waals surface area contributed by atoms with Crippen molar-refractivity contribution < 1.29 is 27.5 Å². The summed E-state index contributed by atoms with van der Waals surface area (Å²) in [5, 5.41) is 8.68. The minimum atomic E-state index is -3.57. The second-order valence-corrected chi connectivity index (χ2v) is 5.70. The maximum atomic E-state index is 14.1. The Kier molecular flexibility index (Phi) is 4.46. The van der Waals surface area contributed by atoms with Crippen molar-refractivity contribution in [3.05, 3.63) is 34.9 Å². The Balaban J connectivity index is 3.11. The molecule has 1 rings (SSSR count). The lowest BCUT2D eigenvalue weighted by molar-refractivity contribution is -0.140. The molecule has 2 nitrogen and oxygen atoms in total. The zero-order valence-electron chi connectivity index (χ0n) is 11.4. The molecule has 112 valence electrons. The Bertz CT molecular complexity index is 524. The molecule has 0 aliphatic heterocycles. The van der Waals surface area contributed by atoms with Gasteiger partial charge in [0.25, 0.3) is 5.92 Å². The summed E-state index contributed by atoms with van der Waals surface area (Å²) in [4.78, 5) is 10.6. The maximum Gasteiger partial charge on any atom is 0.303 e. The molecule has 0 saturated heterocycles. The van der Waals surface area contributed by atoms with Gasteiger partial charge in [0.15, 0.2) is 0 Å². The van der Waals surface area contributed by atoms with Crippen molar-refractivity contribution in [1.82, 2.24) is 0 Å². The normalized spacial score (nSPS) is 12.6. The highest BCUT2D eigenvalue weighted by Gasteiger charge is 2.41. The van der Waals surface area contributed by atoms with Gasteiger partial charge in [-0.25, -0.2) is 17.6 Å². The van der Waals surface area contributed by atoms with Gasteiger partial charge in [-0.05, 0) is 24.0 Å². The van der Waals surface area contributed by atoms with Gasteiger partial charge in [-0.15, -0.1) is 0 Å². The van der Waals surface area contributed by atoms with Gasteiger partial charge in [-0.2, -0.15) is 0 Å². The molecule has 0 radical (unpaired) electrons. The highest BCUT2D eigenvalue weighted by atomic mass is 19.3. The van der Waals surface area contributed by atoms with Crippen LogP contribution in [0.1, 0.15) is 37.8 Å². The molecule has 0 spiro atoms. The number of aliphatic carboxylic acids is 1. The molecule has 0 fully saturated rings. The summed E-state index contributed by atoms with van der Waals surface area (Å²) < 4.78 is 54.9. The summed E-state index contributed by atoms with van der Waals surface area (Å²) in [5.74, 6) is -7.00. The number of hydrogen-bond donors (Lipinski definition) is 1. The van der Waals surface area contributed by atoms with E-state index in [4.69, 9.17) is 5.11 Å². The smallest absolute Gasteiger partial charge is 0.303 e. The number of carbonyl (C=O) groups is 1. The lowest BCUT2D eigenvalue weighted by atomic mass is 9.81. The van der Waals surface area contributed by atoms with Gasteiger partial charge in [0.2, 0.25) is 0 Å². The first-order valence-electron chi connectivity index (χ1n) is 6.00. The first-order valence-corrected chi connectivity index (χ1v) is 6.00. The van der Waals surface area contributed by atoms with Gasteiger partial charge >= 0.3 is 5.97 Å². The van der Waals surface area contributed by atoms with Crippen LogP contribution in [0.2, 0.25) is 0 Å². The van der Waals surface area contributed by atoms with Crippen molar-refractivity contribution in [2.75, 3.05) is 0 Å². The Morgan fingerprint density at radius 3 is 2.25 bits per heavy atom. The van der Waals surface area contributed by atoms with E-state index in [2.05, 4.69) is 0 Å². The fourth-order valence-corrected chi connectivity index (χ4v) is 2.11. The van der Waals surface area contributed by atoms with Crippen LogP contribution in [0.15, 0.2) is 12.1 Å². The van der Waals surface area contributed by atoms with Crippen molar-refractivity contribution >= 4 is 5.97 Å². The quantitative estimate of drug-likeness (QED) is 0.823. The molecule has 0 aliphatic rings. The van der Waals surface area contributed by atoms with E-state index in [-0.39, 0.29) is 5.56 Å². The van der Waals surface area contributed by atoms with E-state index >= 15 is 0 Å². The van der Waals surface area contributed by atoms with Crippen molar-refractivity contribution in [1.29, 1.82) is 0 Å². The lowest BCUT2D eigenvalue weighted by Gasteiger charge is -2.28. The summed E-state index contributed by atoms with van der Waals surface area (Å²) in [5.41, 5.74) is -2.21. The van der Waals surface area contributed by atoms with Crippen molar-refractivity contribution in [3.63, 3.8) is 0 Å². The van der Waals surface area contributed by atoms with Crippen molar-refractivity contribution in [2.24, 2.45) is 5.41 Å². The second kappa shape index (κ2) is 5.42. The van der Waals surface area contributed by atoms with Crippen LogP contribution < -0.4 is 0 Å². The SMILES string of the molecule is Cc1cc(C(F)(F)CC(C)(C)CC(=O)O)c(F)cc1F. The molecular weight excluding hydrogens is 276 g/mol. The molecule has 20 heavy (non-hydrogen) atoms. The van der Waals surface area contributed by atoms with Gasteiger partial charge in [0.05, 0.1) is 12.0 Å². The highest BCUT2D eigenvalue weighted by molar-refractivity contribution is 5.67. The number of hydrogen-bond acceptors (Lipinski definition) is 1. The van der Waals surface area contributed by atoms with Gasteiger partial charge in [-0.1, -0.05) is 13.8 Å². The topological polar surface area (TPSA) is 37.3 Å². The number of rotatable bonds is 5. The number of benzene rings is 1. The largest absolute Gasteiger partial charge is 0.481 e. The molecule has 6 heteroatoms. The van der Waals surface area contributed by atoms with Crippen LogP contribution in [0.4, 0.5) is 17.6 Å². The third-order valence-corrected chi connectivity index (χ3v) is 2.97. The first-order chi connectivity index (χ1) is 8.94. The Morgan fingerprint density at radius 2 is 1.75 bits per heavy atom. The highest BCUT2D eigenvalue weighted by Crippen LogP contribution is 2.42. The Morgan fingerprint density at radius 1 is 1.20 bits per heavy atom. The van der Waals surface area contributed by atoms with E-state index in [1.165, 1.54) is 20.8 Å². The number of halogens is 4. The fraction of sp³-hybridized carbons (Fsp3) is 0.500. The number of alkyl halides is 2. The maximum absolute atomic E-state index is 14.1. The molecule has 0 amide bonds. The van der Waals surface area contributed by atoms with Crippen LogP contribution in [-0.2, 0) is 10.7 Å². The van der Waals surface area contributed by atoms with E-state index in [9.17, 15) is 22.4 Å². The predicted molar refractivity (Wildman–Crippen MR) is 65.6 cm³/mol. The number of carboxylic acids is 1. The van der Waals surface area contributed by atoms with Gasteiger partial charge < -0.3 is 5.11 Å². The van der Waals surface area contributed by atoms with Gasteiger partial charge in [0, 0.05) is 12.5 Å². The predicted octanol–water partition coefficient (Wildman–Crippen LogP) is 4.26. The van der Waals surface area contributed by atoms with Gasteiger partial charge in [-0.3, -0.25) is 4.79 Å². The first kappa shape index (κ1) is 16.5. The van der Waals surface area contributed by atoms with E-state index < -0.39 is 47.3 Å². The van der Waals surface area contributed by atoms with Crippen LogP contribution in [0.3, 0.4) is 0 Å². The van der Waals surface area contributed by atoms with Crippen LogP contribution in [0.25, 0.3) is 0 Å². The van der Waals surface area contributed by atoms with Gasteiger partial charge in [0.1, 0.15) is 11.6 Å². The van der Waals surface area contributed by atoms with Crippen molar-refractivity contribution in [3.8, 4) is 0 Å². The van der Waals surface area contributed by atoms with Crippen molar-refractivity contribution in [2.45, 2.75) is 39.5 Å². The summed E-state index contributed by atoms with van der Waals surface area (Å²) >= 11 is 0. The molecule has 0 aliphatic carbocycles. The lowest BCUT2D eigenvalue weighted by Crippen LogP contribution is -2.27. The van der Waals surface area contributed by atoms with Crippen LogP contribution in [0.5, 0.6) is 0 Å². The Labute approximate surface area is 114 Å².